The molecular formula is C20H23NO3. The average Bonchev–Trinajstić information content (AvgIpc) is 3.09. The number of amides is 1. The van der Waals surface area contributed by atoms with E-state index in [0.717, 1.165) is 18.4 Å². The van der Waals surface area contributed by atoms with Gasteiger partial charge in [-0.3, -0.25) is 4.79 Å². The van der Waals surface area contributed by atoms with E-state index >= 15 is 0 Å². The molecule has 0 aliphatic carbocycles. The Morgan fingerprint density at radius 3 is 2.75 bits per heavy atom. The smallest absolute Gasteiger partial charge is 0.227 e. The lowest BCUT2D eigenvalue weighted by Gasteiger charge is -2.17. The van der Waals surface area contributed by atoms with Crippen LogP contribution in [0.25, 0.3) is 0 Å². The van der Waals surface area contributed by atoms with Gasteiger partial charge in [0.1, 0.15) is 5.75 Å². The second-order valence-electron chi connectivity index (χ2n) is 6.30. The van der Waals surface area contributed by atoms with Crippen molar-refractivity contribution in [3.05, 3.63) is 65.7 Å². The molecule has 1 amide bonds. The number of ether oxygens (including phenoxy) is 1. The minimum Gasteiger partial charge on any atom is -0.508 e. The van der Waals surface area contributed by atoms with Crippen LogP contribution < -0.4 is 5.32 Å². The largest absolute Gasteiger partial charge is 0.508 e. The predicted octanol–water partition coefficient (Wildman–Crippen LogP) is 3.53. The highest BCUT2D eigenvalue weighted by atomic mass is 16.5. The van der Waals surface area contributed by atoms with E-state index < -0.39 is 0 Å². The molecule has 3 atom stereocenters. The van der Waals surface area contributed by atoms with Crippen molar-refractivity contribution in [1.29, 1.82) is 0 Å². The number of hydrogen-bond donors (Lipinski definition) is 2. The van der Waals surface area contributed by atoms with E-state index in [-0.39, 0.29) is 29.8 Å². The van der Waals surface area contributed by atoms with E-state index in [9.17, 15) is 9.90 Å². The Balaban J connectivity index is 1.50. The van der Waals surface area contributed by atoms with Gasteiger partial charge in [0.2, 0.25) is 5.91 Å². The van der Waals surface area contributed by atoms with Gasteiger partial charge in [0.15, 0.2) is 0 Å². The summed E-state index contributed by atoms with van der Waals surface area (Å²) >= 11 is 0. The first-order chi connectivity index (χ1) is 11.6. The molecule has 0 spiro atoms. The number of phenols is 1. The molecular weight excluding hydrogens is 302 g/mol. The third-order valence-electron chi connectivity index (χ3n) is 4.55. The molecule has 1 aliphatic rings. The van der Waals surface area contributed by atoms with Crippen LogP contribution in [0.1, 0.15) is 42.9 Å². The molecule has 0 radical (unpaired) electrons. The van der Waals surface area contributed by atoms with Crippen molar-refractivity contribution in [1.82, 2.24) is 5.32 Å². The van der Waals surface area contributed by atoms with Crippen LogP contribution in [-0.2, 0) is 9.53 Å². The molecule has 4 nitrogen and oxygen atoms in total. The fourth-order valence-electron chi connectivity index (χ4n) is 3.08. The van der Waals surface area contributed by atoms with Crippen molar-refractivity contribution in [2.45, 2.75) is 37.9 Å². The number of carbonyl (C=O) groups is 1. The molecule has 2 aromatic carbocycles. The van der Waals surface area contributed by atoms with Gasteiger partial charge in [-0.1, -0.05) is 42.5 Å². The first kappa shape index (κ1) is 16.5. The van der Waals surface area contributed by atoms with Crippen LogP contribution in [0.4, 0.5) is 0 Å². The molecule has 1 fully saturated rings. The van der Waals surface area contributed by atoms with Gasteiger partial charge in [0.25, 0.3) is 0 Å². The number of nitrogens with one attached hydrogen (secondary N) is 1. The molecule has 1 heterocycles. The quantitative estimate of drug-likeness (QED) is 0.884. The fraction of sp³-hybridized carbons (Fsp3) is 0.350. The second kappa shape index (κ2) is 7.49. The van der Waals surface area contributed by atoms with Gasteiger partial charge in [-0.05, 0) is 43.0 Å². The van der Waals surface area contributed by atoms with Gasteiger partial charge in [-0.25, -0.2) is 0 Å². The lowest BCUT2D eigenvalue weighted by molar-refractivity contribution is -0.122. The number of rotatable bonds is 5. The Kier molecular flexibility index (Phi) is 5.16. The van der Waals surface area contributed by atoms with Gasteiger partial charge < -0.3 is 15.2 Å². The third kappa shape index (κ3) is 3.95. The van der Waals surface area contributed by atoms with Crippen molar-refractivity contribution in [2.75, 3.05) is 6.54 Å². The van der Waals surface area contributed by atoms with Crippen LogP contribution in [0.15, 0.2) is 54.6 Å². The zero-order valence-electron chi connectivity index (χ0n) is 13.8. The van der Waals surface area contributed by atoms with Gasteiger partial charge >= 0.3 is 0 Å². The van der Waals surface area contributed by atoms with E-state index in [4.69, 9.17) is 4.74 Å². The molecule has 0 saturated carbocycles. The monoisotopic (exact) mass is 325 g/mol. The van der Waals surface area contributed by atoms with E-state index in [2.05, 4.69) is 17.4 Å². The Morgan fingerprint density at radius 2 is 2.00 bits per heavy atom. The Bertz CT molecular complexity index is 686. The highest BCUT2D eigenvalue weighted by Crippen LogP contribution is 2.32. The van der Waals surface area contributed by atoms with Crippen LogP contribution in [0.2, 0.25) is 0 Å². The maximum atomic E-state index is 12.3. The Morgan fingerprint density at radius 1 is 1.21 bits per heavy atom. The normalized spacial score (nSPS) is 21.4. The van der Waals surface area contributed by atoms with Crippen LogP contribution in [0.3, 0.4) is 0 Å². The van der Waals surface area contributed by atoms with Crippen molar-refractivity contribution < 1.29 is 14.6 Å². The van der Waals surface area contributed by atoms with Crippen LogP contribution in [0, 0.1) is 0 Å². The molecule has 1 saturated heterocycles. The Labute approximate surface area is 142 Å². The van der Waals surface area contributed by atoms with Crippen molar-refractivity contribution in [3.63, 3.8) is 0 Å². The first-order valence-electron chi connectivity index (χ1n) is 8.40. The zero-order chi connectivity index (χ0) is 16.9. The molecule has 4 heteroatoms. The van der Waals surface area contributed by atoms with Gasteiger partial charge in [0, 0.05) is 6.54 Å². The van der Waals surface area contributed by atoms with Crippen LogP contribution in [-0.4, -0.2) is 23.7 Å². The number of hydrogen-bond acceptors (Lipinski definition) is 3. The molecule has 3 rings (SSSR count). The van der Waals surface area contributed by atoms with Crippen molar-refractivity contribution in [3.8, 4) is 5.75 Å². The molecule has 24 heavy (non-hydrogen) atoms. The minimum absolute atomic E-state index is 0.0487. The lowest BCUT2D eigenvalue weighted by Crippen LogP contribution is -2.34. The minimum atomic E-state index is -0.302. The van der Waals surface area contributed by atoms with Gasteiger partial charge in [0.05, 0.1) is 18.1 Å². The number of aromatic hydroxyl groups is 1. The molecule has 1 unspecified atom stereocenters. The SMILES string of the molecule is CC(C(=O)NC[C@H]1CC[C@H](c2ccccc2)O1)c1cccc(O)c1. The summed E-state index contributed by atoms with van der Waals surface area (Å²) in [6.45, 7) is 2.36. The Hall–Kier alpha value is -2.33. The summed E-state index contributed by atoms with van der Waals surface area (Å²) in [7, 11) is 0. The summed E-state index contributed by atoms with van der Waals surface area (Å²) in [6.07, 6.45) is 2.10. The fourth-order valence-corrected chi connectivity index (χ4v) is 3.08. The predicted molar refractivity (Wildman–Crippen MR) is 92.8 cm³/mol. The summed E-state index contributed by atoms with van der Waals surface area (Å²) in [4.78, 5) is 12.3. The standard InChI is InChI=1S/C20H23NO3/c1-14(16-8-5-9-17(22)12-16)20(23)21-13-18-10-11-19(24-18)15-6-3-2-4-7-15/h2-9,12,14,18-19,22H,10-11,13H2,1H3,(H,21,23)/t14?,18-,19-/m1/s1. The van der Waals surface area contributed by atoms with E-state index in [1.54, 1.807) is 18.2 Å². The summed E-state index contributed by atoms with van der Waals surface area (Å²) in [6, 6.07) is 17.0. The third-order valence-corrected chi connectivity index (χ3v) is 4.55. The van der Waals surface area contributed by atoms with E-state index in [1.165, 1.54) is 5.56 Å². The van der Waals surface area contributed by atoms with Gasteiger partial charge in [-0.2, -0.15) is 0 Å². The summed E-state index contributed by atoms with van der Waals surface area (Å²) < 4.78 is 6.05. The molecule has 126 valence electrons. The zero-order valence-corrected chi connectivity index (χ0v) is 13.8. The lowest BCUT2D eigenvalue weighted by atomic mass is 10.00. The summed E-state index contributed by atoms with van der Waals surface area (Å²) in [5, 5.41) is 12.5. The maximum absolute atomic E-state index is 12.3. The van der Waals surface area contributed by atoms with Crippen LogP contribution >= 0.6 is 0 Å². The average molecular weight is 325 g/mol. The molecule has 1 aliphatic heterocycles. The molecule has 0 bridgehead atoms. The maximum Gasteiger partial charge on any atom is 0.227 e. The van der Waals surface area contributed by atoms with Crippen molar-refractivity contribution in [2.24, 2.45) is 0 Å². The molecule has 2 aromatic rings. The highest BCUT2D eigenvalue weighted by Gasteiger charge is 2.27. The number of benzene rings is 2. The number of carbonyl (C=O) groups excluding carboxylic acids is 1. The van der Waals surface area contributed by atoms with E-state index in [1.807, 2.05) is 31.2 Å². The molecule has 0 aromatic heterocycles. The molecule has 2 N–H and O–H groups in total. The van der Waals surface area contributed by atoms with Crippen molar-refractivity contribution >= 4 is 5.91 Å². The first-order valence-corrected chi connectivity index (χ1v) is 8.40. The topological polar surface area (TPSA) is 58.6 Å². The van der Waals surface area contributed by atoms with Crippen LogP contribution in [0.5, 0.6) is 5.75 Å². The summed E-state index contributed by atoms with van der Waals surface area (Å²) in [5.74, 6) is -0.173. The highest BCUT2D eigenvalue weighted by molar-refractivity contribution is 5.83. The van der Waals surface area contributed by atoms with Gasteiger partial charge in [-0.15, -0.1) is 0 Å². The van der Waals surface area contributed by atoms with E-state index in [0.29, 0.717) is 6.54 Å². The summed E-state index contributed by atoms with van der Waals surface area (Å²) in [5.41, 5.74) is 2.00. The second-order valence-corrected chi connectivity index (χ2v) is 6.30. The number of phenolic OH excluding ortho intramolecular Hbond substituents is 1.